The van der Waals surface area contributed by atoms with Crippen LogP contribution in [0.3, 0.4) is 0 Å². The minimum absolute atomic E-state index is 0.0928. The molecule has 2 N–H and O–H groups in total. The molecule has 0 radical (unpaired) electrons. The molecule has 3 fully saturated rings. The number of nitrogens with zero attached hydrogens (tertiary/aromatic N) is 2. The molecule has 3 aliphatic rings. The third-order valence-electron chi connectivity index (χ3n) is 9.93. The Labute approximate surface area is 324 Å². The Kier molecular flexibility index (Phi) is 13.8. The van der Waals surface area contributed by atoms with Gasteiger partial charge < -0.3 is 29.3 Å². The quantitative estimate of drug-likeness (QED) is 0.0699. The number of hydrogen-bond acceptors (Lipinski definition) is 10. The summed E-state index contributed by atoms with van der Waals surface area (Å²) in [6.45, 7) is 4.84. The largest absolute Gasteiger partial charge is 0.619 e. The SMILES string of the molecule is COc1ccc([C@H](Cc2c(Cl)c[n+]([O-])cc2Cl)OC(=O)c2ccc(CNC(C)(C(=O)O[C@H]3CN4CCC3CC4)c3ccccc3)cc2)cc1OC.O=CO. The lowest BCUT2D eigenvalue weighted by Gasteiger charge is -2.45. The third-order valence-corrected chi connectivity index (χ3v) is 10.6. The van der Waals surface area contributed by atoms with Crippen LogP contribution in [0.1, 0.15) is 58.5 Å². The average Bonchev–Trinajstić information content (AvgIpc) is 3.18. The number of piperidine rings is 3. The van der Waals surface area contributed by atoms with Crippen LogP contribution in [0.25, 0.3) is 0 Å². The number of methoxy groups -OCH3 is 2. The Morgan fingerprint density at radius 3 is 2.20 bits per heavy atom. The molecule has 12 nitrogen and oxygen atoms in total. The van der Waals surface area contributed by atoms with Gasteiger partial charge in [-0.1, -0.05) is 71.7 Å². The lowest BCUT2D eigenvalue weighted by Crippen LogP contribution is -2.55. The van der Waals surface area contributed by atoms with E-state index >= 15 is 0 Å². The standard InChI is InChI=1S/C39H41Cl2N3O7.CH2O2/c1-39(29-7-5-4-6-8-29,38(46)51-36-24-43-17-15-26(36)16-18-43)42-21-25-9-11-27(12-10-25)37(45)50-34(20-30-31(40)22-44(47)23-32(30)41)28-13-14-33(48-2)35(19-28)49-3;2-1-3/h4-14,19,22-23,26,34,36,42H,15-18,20-21,24H2,1-3H3;1H,(H,2,3)/t34-,36-,39?;/m0./s1. The minimum atomic E-state index is -1.09. The molecule has 3 aromatic carbocycles. The maximum atomic E-state index is 13.8. The number of benzene rings is 3. The van der Waals surface area contributed by atoms with Gasteiger partial charge in [-0.3, -0.25) is 15.0 Å². The number of carbonyl (C=O) groups excluding carboxylic acids is 2. The zero-order valence-corrected chi connectivity index (χ0v) is 31.7. The first kappa shape index (κ1) is 40.3. The van der Waals surface area contributed by atoms with Crippen molar-refractivity contribution < 1.29 is 43.2 Å². The second kappa shape index (κ2) is 18.4. The molecule has 286 valence electrons. The Bertz CT molecular complexity index is 1880. The molecule has 0 amide bonds. The molecule has 2 bridgehead atoms. The van der Waals surface area contributed by atoms with Crippen LogP contribution in [-0.2, 0) is 37.6 Å². The fraction of sp³-hybridized carbons (Fsp3) is 0.350. The van der Waals surface area contributed by atoms with E-state index in [0.717, 1.165) is 43.6 Å². The lowest BCUT2D eigenvalue weighted by molar-refractivity contribution is -0.605. The van der Waals surface area contributed by atoms with Gasteiger partial charge in [0.15, 0.2) is 23.9 Å². The van der Waals surface area contributed by atoms with Gasteiger partial charge in [-0.05, 0) is 79.7 Å². The van der Waals surface area contributed by atoms with Crippen LogP contribution in [0, 0.1) is 11.1 Å². The number of ether oxygens (including phenoxy) is 4. The van der Waals surface area contributed by atoms with Gasteiger partial charge in [-0.15, -0.1) is 0 Å². The van der Waals surface area contributed by atoms with Gasteiger partial charge >= 0.3 is 11.9 Å². The summed E-state index contributed by atoms with van der Waals surface area (Å²) in [5.41, 5.74) is 1.95. The number of nitrogens with one attached hydrogen (secondary N) is 1. The monoisotopic (exact) mass is 779 g/mol. The van der Waals surface area contributed by atoms with Crippen LogP contribution >= 0.6 is 23.2 Å². The van der Waals surface area contributed by atoms with E-state index in [-0.39, 0.29) is 35.0 Å². The lowest BCUT2D eigenvalue weighted by atomic mass is 9.85. The predicted molar refractivity (Wildman–Crippen MR) is 202 cm³/mol. The van der Waals surface area contributed by atoms with Gasteiger partial charge in [-0.25, -0.2) is 9.59 Å². The summed E-state index contributed by atoms with van der Waals surface area (Å²) in [6, 6.07) is 21.8. The number of hydrogen-bond donors (Lipinski definition) is 2. The molecule has 4 heterocycles. The number of esters is 2. The Morgan fingerprint density at radius 1 is 1.00 bits per heavy atom. The molecule has 0 aliphatic carbocycles. The van der Waals surface area contributed by atoms with Crippen molar-refractivity contribution in [1.29, 1.82) is 0 Å². The van der Waals surface area contributed by atoms with Crippen molar-refractivity contribution in [2.75, 3.05) is 33.9 Å². The summed E-state index contributed by atoms with van der Waals surface area (Å²) >= 11 is 12.8. The van der Waals surface area contributed by atoms with E-state index in [4.69, 9.17) is 52.1 Å². The molecule has 54 heavy (non-hydrogen) atoms. The number of rotatable bonds is 13. The highest BCUT2D eigenvalue weighted by atomic mass is 35.5. The van der Waals surface area contributed by atoms with E-state index in [9.17, 15) is 14.8 Å². The summed E-state index contributed by atoms with van der Waals surface area (Å²) in [7, 11) is 3.05. The van der Waals surface area contributed by atoms with E-state index in [1.165, 1.54) is 26.6 Å². The zero-order valence-electron chi connectivity index (χ0n) is 30.2. The van der Waals surface area contributed by atoms with Gasteiger partial charge in [0.25, 0.3) is 6.47 Å². The molecular formula is C40H43Cl2N3O9. The van der Waals surface area contributed by atoms with Gasteiger partial charge in [-0.2, -0.15) is 4.73 Å². The molecule has 1 aromatic heterocycles. The highest BCUT2D eigenvalue weighted by molar-refractivity contribution is 6.35. The van der Waals surface area contributed by atoms with Crippen molar-refractivity contribution in [1.82, 2.24) is 10.2 Å². The van der Waals surface area contributed by atoms with Crippen molar-refractivity contribution in [3.05, 3.63) is 128 Å². The molecule has 3 saturated heterocycles. The van der Waals surface area contributed by atoms with Crippen molar-refractivity contribution in [3.8, 4) is 11.5 Å². The second-order valence-electron chi connectivity index (χ2n) is 13.2. The predicted octanol–water partition coefficient (Wildman–Crippen LogP) is 6.13. The van der Waals surface area contributed by atoms with Crippen molar-refractivity contribution >= 4 is 41.6 Å². The molecule has 14 heteroatoms. The number of aromatic nitrogens is 1. The molecule has 0 saturated carbocycles. The van der Waals surface area contributed by atoms with Crippen molar-refractivity contribution in [2.45, 2.75) is 50.5 Å². The number of fused-ring (bicyclic) bond motifs is 3. The smallest absolute Gasteiger partial charge is 0.338 e. The van der Waals surface area contributed by atoms with E-state index in [2.05, 4.69) is 10.2 Å². The van der Waals surface area contributed by atoms with E-state index in [1.807, 2.05) is 49.4 Å². The Balaban J connectivity index is 0.00000181. The molecule has 4 aromatic rings. The normalized spacial score (nSPS) is 18.9. The Hall–Kier alpha value is -4.88. The summed E-state index contributed by atoms with van der Waals surface area (Å²) in [6.07, 6.45) is 3.63. The van der Waals surface area contributed by atoms with Crippen molar-refractivity contribution in [3.63, 3.8) is 0 Å². The third kappa shape index (κ3) is 9.61. The van der Waals surface area contributed by atoms with Crippen LogP contribution in [0.5, 0.6) is 11.5 Å². The van der Waals surface area contributed by atoms with Gasteiger partial charge in [0, 0.05) is 25.1 Å². The number of carboxylic acid groups (broad SMARTS) is 1. The summed E-state index contributed by atoms with van der Waals surface area (Å²) in [5, 5.41) is 22.5. The van der Waals surface area contributed by atoms with Gasteiger partial charge in [0.05, 0.1) is 19.8 Å². The maximum Gasteiger partial charge on any atom is 0.338 e. The van der Waals surface area contributed by atoms with Crippen LogP contribution in [0.15, 0.2) is 85.2 Å². The molecule has 7 rings (SSSR count). The second-order valence-corrected chi connectivity index (χ2v) is 14.0. The summed E-state index contributed by atoms with van der Waals surface area (Å²) in [5.74, 6) is 0.466. The highest BCUT2D eigenvalue weighted by Crippen LogP contribution is 2.36. The zero-order chi connectivity index (χ0) is 38.8. The molecular weight excluding hydrogens is 737 g/mol. The summed E-state index contributed by atoms with van der Waals surface area (Å²) < 4.78 is 23.6. The molecule has 0 spiro atoms. The molecule has 1 unspecified atom stereocenters. The first-order valence-corrected chi connectivity index (χ1v) is 18.2. The highest BCUT2D eigenvalue weighted by Gasteiger charge is 2.42. The topological polar surface area (TPSA) is 151 Å². The van der Waals surface area contributed by atoms with E-state index < -0.39 is 17.6 Å². The van der Waals surface area contributed by atoms with Crippen LogP contribution in [0.2, 0.25) is 10.0 Å². The summed E-state index contributed by atoms with van der Waals surface area (Å²) in [4.78, 5) is 38.2. The number of halogens is 2. The average molecular weight is 781 g/mol. The molecule has 3 aliphatic heterocycles. The number of carbonyl (C=O) groups is 3. The number of pyridine rings is 1. The van der Waals surface area contributed by atoms with Gasteiger partial charge in [0.2, 0.25) is 0 Å². The minimum Gasteiger partial charge on any atom is -0.619 e. The Morgan fingerprint density at radius 2 is 1.63 bits per heavy atom. The van der Waals surface area contributed by atoms with Gasteiger partial charge in [0.1, 0.15) is 27.8 Å². The fourth-order valence-corrected chi connectivity index (χ4v) is 7.39. The van der Waals surface area contributed by atoms with Crippen LogP contribution in [0.4, 0.5) is 0 Å². The van der Waals surface area contributed by atoms with Crippen molar-refractivity contribution in [2.24, 2.45) is 5.92 Å². The maximum absolute atomic E-state index is 13.8. The first-order chi connectivity index (χ1) is 26.0. The molecule has 3 atom stereocenters. The first-order valence-electron chi connectivity index (χ1n) is 17.4. The van der Waals surface area contributed by atoms with E-state index in [0.29, 0.717) is 45.4 Å². The van der Waals surface area contributed by atoms with Crippen LogP contribution < -0.4 is 19.5 Å². The van der Waals surface area contributed by atoms with E-state index in [1.54, 1.807) is 30.3 Å². The fourth-order valence-electron chi connectivity index (χ4n) is 6.79. The van der Waals surface area contributed by atoms with Crippen LogP contribution in [-0.4, -0.2) is 68.4 Å².